The van der Waals surface area contributed by atoms with Crippen LogP contribution in [0.2, 0.25) is 0 Å². The first-order valence-electron chi connectivity index (χ1n) is 9.08. The lowest BCUT2D eigenvalue weighted by Crippen LogP contribution is -2.29. The lowest BCUT2D eigenvalue weighted by atomic mass is 9.99. The summed E-state index contributed by atoms with van der Waals surface area (Å²) in [6, 6.07) is 10.7. The number of amides is 1. The molecule has 0 radical (unpaired) electrons. The fourth-order valence-corrected chi connectivity index (χ4v) is 3.82. The van der Waals surface area contributed by atoms with E-state index in [1.807, 2.05) is 23.4 Å². The van der Waals surface area contributed by atoms with Gasteiger partial charge in [0.05, 0.1) is 12.2 Å². The van der Waals surface area contributed by atoms with E-state index in [9.17, 15) is 9.18 Å². The number of aryl methyl sites for hydroxylation is 3. The van der Waals surface area contributed by atoms with Crippen LogP contribution in [0.1, 0.15) is 22.3 Å². The zero-order valence-corrected chi connectivity index (χ0v) is 17.4. The Morgan fingerprint density at radius 3 is 2.64 bits per heavy atom. The van der Waals surface area contributed by atoms with Crippen LogP contribution < -0.4 is 5.32 Å². The molecule has 3 rings (SSSR count). The molecule has 1 heterocycles. The summed E-state index contributed by atoms with van der Waals surface area (Å²) in [6.45, 7) is 6.95. The Kier molecular flexibility index (Phi) is 6.21. The van der Waals surface area contributed by atoms with E-state index in [-0.39, 0.29) is 18.3 Å². The summed E-state index contributed by atoms with van der Waals surface area (Å²) < 4.78 is 13.3. The van der Waals surface area contributed by atoms with Gasteiger partial charge in [0.15, 0.2) is 5.13 Å². The number of hydrogen-bond acceptors (Lipinski definition) is 4. The molecule has 0 unspecified atom stereocenters. The number of likely N-dealkylation sites (N-methyl/N-ethyl adjacent to an activating group) is 1. The Morgan fingerprint density at radius 2 is 1.89 bits per heavy atom. The molecule has 1 aromatic heterocycles. The van der Waals surface area contributed by atoms with Crippen molar-refractivity contribution in [2.75, 3.05) is 18.9 Å². The third kappa shape index (κ3) is 5.03. The van der Waals surface area contributed by atoms with E-state index >= 15 is 0 Å². The Morgan fingerprint density at radius 1 is 1.14 bits per heavy atom. The molecule has 2 aromatic carbocycles. The van der Waals surface area contributed by atoms with Gasteiger partial charge in [0.25, 0.3) is 0 Å². The summed E-state index contributed by atoms with van der Waals surface area (Å²) in [5.74, 6) is -0.413. The second-order valence-electron chi connectivity index (χ2n) is 7.14. The van der Waals surface area contributed by atoms with Crippen molar-refractivity contribution >= 4 is 22.4 Å². The molecule has 0 aliphatic rings. The predicted molar refractivity (Wildman–Crippen MR) is 113 cm³/mol. The highest BCUT2D eigenvalue weighted by Gasteiger charge is 2.12. The molecule has 1 amide bonds. The number of rotatable bonds is 6. The molecule has 0 spiro atoms. The third-order valence-electron chi connectivity index (χ3n) is 4.62. The van der Waals surface area contributed by atoms with Crippen molar-refractivity contribution in [3.05, 3.63) is 69.8 Å². The maximum atomic E-state index is 13.3. The minimum atomic E-state index is -0.271. The molecule has 6 heteroatoms. The SMILES string of the molecule is Cc1cc(C)c(-c2csc(NC(=O)CN(C)Cc3cccc(F)c3)n2)cc1C. The largest absolute Gasteiger partial charge is 0.301 e. The first kappa shape index (κ1) is 20.2. The topological polar surface area (TPSA) is 45.2 Å². The lowest BCUT2D eigenvalue weighted by molar-refractivity contribution is -0.117. The third-order valence-corrected chi connectivity index (χ3v) is 5.38. The Balaban J connectivity index is 1.62. The quantitative estimate of drug-likeness (QED) is 0.640. The van der Waals surface area contributed by atoms with Crippen LogP contribution in [0.4, 0.5) is 9.52 Å². The van der Waals surface area contributed by atoms with Crippen LogP contribution in [-0.2, 0) is 11.3 Å². The van der Waals surface area contributed by atoms with Crippen molar-refractivity contribution in [3.63, 3.8) is 0 Å². The smallest absolute Gasteiger partial charge is 0.240 e. The zero-order valence-electron chi connectivity index (χ0n) is 16.5. The molecule has 0 saturated carbocycles. The van der Waals surface area contributed by atoms with Crippen LogP contribution in [0.25, 0.3) is 11.3 Å². The summed E-state index contributed by atoms with van der Waals surface area (Å²) in [7, 11) is 1.83. The first-order valence-corrected chi connectivity index (χ1v) is 9.96. The zero-order chi connectivity index (χ0) is 20.3. The second kappa shape index (κ2) is 8.63. The van der Waals surface area contributed by atoms with E-state index in [2.05, 4.69) is 43.2 Å². The van der Waals surface area contributed by atoms with Gasteiger partial charge in [-0.05, 0) is 68.3 Å². The van der Waals surface area contributed by atoms with Gasteiger partial charge in [-0.25, -0.2) is 9.37 Å². The Labute approximate surface area is 169 Å². The number of carbonyl (C=O) groups excluding carboxylic acids is 1. The number of nitrogens with zero attached hydrogens (tertiary/aromatic N) is 2. The number of carbonyl (C=O) groups is 1. The van der Waals surface area contributed by atoms with E-state index in [0.717, 1.165) is 16.8 Å². The molecule has 0 fully saturated rings. The van der Waals surface area contributed by atoms with Gasteiger partial charge in [0.1, 0.15) is 5.82 Å². The van der Waals surface area contributed by atoms with E-state index in [1.165, 1.54) is 40.2 Å². The molecule has 1 N–H and O–H groups in total. The van der Waals surface area contributed by atoms with Gasteiger partial charge in [0, 0.05) is 17.5 Å². The Bertz CT molecular complexity index is 999. The number of thiazole rings is 1. The highest BCUT2D eigenvalue weighted by atomic mass is 32.1. The summed E-state index contributed by atoms with van der Waals surface area (Å²) in [6.07, 6.45) is 0. The fraction of sp³-hybridized carbons (Fsp3) is 0.273. The summed E-state index contributed by atoms with van der Waals surface area (Å²) in [5.41, 5.74) is 6.43. The normalized spacial score (nSPS) is 11.1. The molecular weight excluding hydrogens is 373 g/mol. The number of halogens is 1. The average Bonchev–Trinajstić information content (AvgIpc) is 3.05. The molecule has 3 aromatic rings. The molecule has 0 bridgehead atoms. The molecule has 0 atom stereocenters. The van der Waals surface area contributed by atoms with Crippen LogP contribution in [-0.4, -0.2) is 29.4 Å². The number of hydrogen-bond donors (Lipinski definition) is 1. The predicted octanol–water partition coefficient (Wildman–Crippen LogP) is 4.94. The van der Waals surface area contributed by atoms with Gasteiger partial charge in [-0.2, -0.15) is 0 Å². The van der Waals surface area contributed by atoms with Crippen LogP contribution in [0.5, 0.6) is 0 Å². The van der Waals surface area contributed by atoms with Crippen molar-refractivity contribution in [1.82, 2.24) is 9.88 Å². The minimum Gasteiger partial charge on any atom is -0.301 e. The molecule has 4 nitrogen and oxygen atoms in total. The van der Waals surface area contributed by atoms with Crippen molar-refractivity contribution in [1.29, 1.82) is 0 Å². The van der Waals surface area contributed by atoms with E-state index in [0.29, 0.717) is 11.7 Å². The average molecular weight is 398 g/mol. The van der Waals surface area contributed by atoms with E-state index < -0.39 is 0 Å². The van der Waals surface area contributed by atoms with Crippen molar-refractivity contribution in [2.24, 2.45) is 0 Å². The summed E-state index contributed by atoms with van der Waals surface area (Å²) in [4.78, 5) is 18.7. The van der Waals surface area contributed by atoms with Gasteiger partial charge in [0.2, 0.25) is 5.91 Å². The van der Waals surface area contributed by atoms with Crippen LogP contribution in [0, 0.1) is 26.6 Å². The molecule has 28 heavy (non-hydrogen) atoms. The monoisotopic (exact) mass is 397 g/mol. The van der Waals surface area contributed by atoms with Crippen molar-refractivity contribution in [2.45, 2.75) is 27.3 Å². The molecule has 0 saturated heterocycles. The van der Waals surface area contributed by atoms with Crippen LogP contribution >= 0.6 is 11.3 Å². The molecular formula is C22H24FN3OS. The van der Waals surface area contributed by atoms with E-state index in [1.54, 1.807) is 6.07 Å². The van der Waals surface area contributed by atoms with Gasteiger partial charge < -0.3 is 5.32 Å². The van der Waals surface area contributed by atoms with E-state index in [4.69, 9.17) is 0 Å². The standard InChI is InChI=1S/C22H24FN3OS/c1-14-8-16(3)19(9-15(14)2)20-13-28-22(24-20)25-21(27)12-26(4)11-17-6-5-7-18(23)10-17/h5-10,13H,11-12H2,1-4H3,(H,24,25,27). The molecule has 146 valence electrons. The van der Waals surface area contributed by atoms with Crippen LogP contribution in [0.3, 0.4) is 0 Å². The number of nitrogens with one attached hydrogen (secondary N) is 1. The maximum Gasteiger partial charge on any atom is 0.240 e. The van der Waals surface area contributed by atoms with Crippen LogP contribution in [0.15, 0.2) is 41.8 Å². The lowest BCUT2D eigenvalue weighted by Gasteiger charge is -2.15. The van der Waals surface area contributed by atoms with Gasteiger partial charge in [-0.1, -0.05) is 18.2 Å². The second-order valence-corrected chi connectivity index (χ2v) is 8.00. The number of aromatic nitrogens is 1. The fourth-order valence-electron chi connectivity index (χ4n) is 3.10. The highest BCUT2D eigenvalue weighted by molar-refractivity contribution is 7.14. The van der Waals surface area contributed by atoms with Gasteiger partial charge in [-0.3, -0.25) is 9.69 Å². The molecule has 0 aliphatic heterocycles. The summed E-state index contributed by atoms with van der Waals surface area (Å²) in [5, 5.41) is 5.40. The first-order chi connectivity index (χ1) is 13.3. The molecule has 0 aliphatic carbocycles. The minimum absolute atomic E-state index is 0.142. The van der Waals surface area contributed by atoms with Gasteiger partial charge >= 0.3 is 0 Å². The van der Waals surface area contributed by atoms with Crippen molar-refractivity contribution < 1.29 is 9.18 Å². The maximum absolute atomic E-state index is 13.3. The summed E-state index contributed by atoms with van der Waals surface area (Å²) >= 11 is 1.41. The van der Waals surface area contributed by atoms with Crippen molar-refractivity contribution in [3.8, 4) is 11.3 Å². The Hall–Kier alpha value is -2.57. The number of benzene rings is 2. The highest BCUT2D eigenvalue weighted by Crippen LogP contribution is 2.29. The number of anilines is 1. The van der Waals surface area contributed by atoms with Gasteiger partial charge in [-0.15, -0.1) is 11.3 Å².